The molecule has 1 aromatic rings. The van der Waals surface area contributed by atoms with Crippen molar-refractivity contribution in [1.29, 1.82) is 0 Å². The number of benzene rings is 1. The molecule has 0 amide bonds. The van der Waals surface area contributed by atoms with Crippen LogP contribution in [0.15, 0.2) is 29.3 Å². The van der Waals surface area contributed by atoms with Crippen LogP contribution in [0.3, 0.4) is 0 Å². The SMILES string of the molecule is C/C=C\c1cccc(NC)c1/N=C\C. The highest BCUT2D eigenvalue weighted by Crippen LogP contribution is 2.29. The molecule has 0 aliphatic heterocycles. The van der Waals surface area contributed by atoms with Gasteiger partial charge in [0.1, 0.15) is 0 Å². The van der Waals surface area contributed by atoms with Crippen molar-refractivity contribution in [2.24, 2.45) is 4.99 Å². The van der Waals surface area contributed by atoms with Gasteiger partial charge in [0, 0.05) is 18.8 Å². The third kappa shape index (κ3) is 2.22. The van der Waals surface area contributed by atoms with Gasteiger partial charge in [0.05, 0.1) is 11.4 Å². The van der Waals surface area contributed by atoms with Crippen LogP contribution in [-0.4, -0.2) is 13.3 Å². The Morgan fingerprint density at radius 1 is 1.29 bits per heavy atom. The first kappa shape index (κ1) is 10.5. The van der Waals surface area contributed by atoms with Gasteiger partial charge < -0.3 is 5.32 Å². The van der Waals surface area contributed by atoms with E-state index in [1.165, 1.54) is 0 Å². The summed E-state index contributed by atoms with van der Waals surface area (Å²) in [5.41, 5.74) is 3.19. The molecule has 2 heteroatoms. The molecular weight excluding hydrogens is 172 g/mol. The minimum Gasteiger partial charge on any atom is -0.386 e. The number of aliphatic imine (C=N–C) groups is 1. The number of hydrogen-bond donors (Lipinski definition) is 1. The van der Waals surface area contributed by atoms with Gasteiger partial charge in [-0.05, 0) is 19.9 Å². The molecule has 0 fully saturated rings. The van der Waals surface area contributed by atoms with Crippen molar-refractivity contribution in [3.63, 3.8) is 0 Å². The molecule has 1 rings (SSSR count). The molecule has 0 spiro atoms. The Balaban J connectivity index is 3.27. The molecule has 0 unspecified atom stereocenters. The highest BCUT2D eigenvalue weighted by atomic mass is 14.9. The summed E-state index contributed by atoms with van der Waals surface area (Å²) in [4.78, 5) is 4.36. The van der Waals surface area contributed by atoms with E-state index < -0.39 is 0 Å². The maximum Gasteiger partial charge on any atom is 0.0928 e. The molecule has 1 N–H and O–H groups in total. The average molecular weight is 188 g/mol. The molecule has 14 heavy (non-hydrogen) atoms. The summed E-state index contributed by atoms with van der Waals surface area (Å²) >= 11 is 0. The van der Waals surface area contributed by atoms with Gasteiger partial charge in [-0.2, -0.15) is 0 Å². The largest absolute Gasteiger partial charge is 0.386 e. The molecule has 0 bridgehead atoms. The summed E-state index contributed by atoms with van der Waals surface area (Å²) in [7, 11) is 1.91. The van der Waals surface area contributed by atoms with E-state index in [0.717, 1.165) is 16.9 Å². The van der Waals surface area contributed by atoms with Crippen LogP contribution < -0.4 is 5.32 Å². The van der Waals surface area contributed by atoms with Crippen LogP contribution in [0.1, 0.15) is 19.4 Å². The van der Waals surface area contributed by atoms with Crippen molar-refractivity contribution in [3.05, 3.63) is 29.8 Å². The smallest absolute Gasteiger partial charge is 0.0928 e. The van der Waals surface area contributed by atoms with Gasteiger partial charge in [0.2, 0.25) is 0 Å². The van der Waals surface area contributed by atoms with E-state index in [4.69, 9.17) is 0 Å². The second kappa shape index (κ2) is 5.22. The van der Waals surface area contributed by atoms with Gasteiger partial charge in [0.15, 0.2) is 0 Å². The lowest BCUT2D eigenvalue weighted by atomic mass is 10.1. The summed E-state index contributed by atoms with van der Waals surface area (Å²) < 4.78 is 0. The van der Waals surface area contributed by atoms with Crippen LogP contribution in [-0.2, 0) is 0 Å². The zero-order valence-electron chi connectivity index (χ0n) is 8.91. The first-order valence-corrected chi connectivity index (χ1v) is 4.75. The summed E-state index contributed by atoms with van der Waals surface area (Å²) in [6.07, 6.45) is 5.88. The molecule has 0 atom stereocenters. The maximum atomic E-state index is 4.36. The number of anilines is 1. The Bertz CT molecular complexity index is 351. The van der Waals surface area contributed by atoms with Crippen LogP contribution in [0, 0.1) is 0 Å². The Kier molecular flexibility index (Phi) is 3.92. The van der Waals surface area contributed by atoms with Crippen LogP contribution in [0.25, 0.3) is 6.08 Å². The van der Waals surface area contributed by atoms with Gasteiger partial charge in [0.25, 0.3) is 0 Å². The molecule has 0 aromatic heterocycles. The lowest BCUT2D eigenvalue weighted by Gasteiger charge is -2.07. The average Bonchev–Trinajstić information content (AvgIpc) is 2.21. The highest BCUT2D eigenvalue weighted by Gasteiger charge is 2.01. The lowest BCUT2D eigenvalue weighted by Crippen LogP contribution is -1.89. The molecule has 0 heterocycles. The van der Waals surface area contributed by atoms with E-state index >= 15 is 0 Å². The molecule has 1 aromatic carbocycles. The topological polar surface area (TPSA) is 24.4 Å². The molecule has 0 saturated carbocycles. The fourth-order valence-electron chi connectivity index (χ4n) is 1.35. The van der Waals surface area contributed by atoms with E-state index in [-0.39, 0.29) is 0 Å². The first-order chi connectivity index (χ1) is 6.83. The van der Waals surface area contributed by atoms with Crippen molar-refractivity contribution in [2.75, 3.05) is 12.4 Å². The molecule has 0 aliphatic carbocycles. The minimum atomic E-state index is 0.996. The number of hydrogen-bond acceptors (Lipinski definition) is 2. The third-order valence-electron chi connectivity index (χ3n) is 1.94. The monoisotopic (exact) mass is 188 g/mol. The van der Waals surface area contributed by atoms with E-state index in [1.54, 1.807) is 0 Å². The Hall–Kier alpha value is -1.57. The summed E-state index contributed by atoms with van der Waals surface area (Å²) in [6, 6.07) is 6.11. The first-order valence-electron chi connectivity index (χ1n) is 4.75. The van der Waals surface area contributed by atoms with Crippen LogP contribution in [0.4, 0.5) is 11.4 Å². The number of allylic oxidation sites excluding steroid dienone is 1. The number of nitrogens with one attached hydrogen (secondary N) is 1. The van der Waals surface area contributed by atoms with Gasteiger partial charge in [-0.1, -0.05) is 24.3 Å². The maximum absolute atomic E-state index is 4.36. The quantitative estimate of drug-likeness (QED) is 0.721. The third-order valence-corrected chi connectivity index (χ3v) is 1.94. The van der Waals surface area contributed by atoms with Crippen molar-refractivity contribution in [3.8, 4) is 0 Å². The lowest BCUT2D eigenvalue weighted by molar-refractivity contribution is 1.44. The second-order valence-electron chi connectivity index (χ2n) is 2.88. The van der Waals surface area contributed by atoms with E-state index in [9.17, 15) is 0 Å². The van der Waals surface area contributed by atoms with Crippen LogP contribution in [0.2, 0.25) is 0 Å². The Labute approximate surface area is 85.4 Å². The summed E-state index contributed by atoms with van der Waals surface area (Å²) in [6.45, 7) is 3.93. The molecule has 74 valence electrons. The number of para-hydroxylation sites is 1. The predicted octanol–water partition coefficient (Wildman–Crippen LogP) is 3.48. The normalized spacial score (nSPS) is 11.4. The van der Waals surface area contributed by atoms with Crippen LogP contribution >= 0.6 is 0 Å². The summed E-state index contributed by atoms with van der Waals surface area (Å²) in [5.74, 6) is 0. The van der Waals surface area contributed by atoms with Gasteiger partial charge in [-0.15, -0.1) is 0 Å². The fourth-order valence-corrected chi connectivity index (χ4v) is 1.35. The minimum absolute atomic E-state index is 0.996. The molecule has 0 aliphatic rings. The molecule has 0 saturated heterocycles. The van der Waals surface area contributed by atoms with Crippen LogP contribution in [0.5, 0.6) is 0 Å². The van der Waals surface area contributed by atoms with Crippen molar-refractivity contribution in [1.82, 2.24) is 0 Å². The molecule has 2 nitrogen and oxygen atoms in total. The van der Waals surface area contributed by atoms with Crippen molar-refractivity contribution in [2.45, 2.75) is 13.8 Å². The van der Waals surface area contributed by atoms with Crippen molar-refractivity contribution >= 4 is 23.7 Å². The number of nitrogens with zero attached hydrogens (tertiary/aromatic N) is 1. The summed E-state index contributed by atoms with van der Waals surface area (Å²) in [5, 5.41) is 3.13. The van der Waals surface area contributed by atoms with Gasteiger partial charge in [-0.3, -0.25) is 4.99 Å². The zero-order valence-corrected chi connectivity index (χ0v) is 8.91. The van der Waals surface area contributed by atoms with Gasteiger partial charge in [-0.25, -0.2) is 0 Å². The van der Waals surface area contributed by atoms with Crippen molar-refractivity contribution < 1.29 is 0 Å². The second-order valence-corrected chi connectivity index (χ2v) is 2.88. The van der Waals surface area contributed by atoms with E-state index in [0.29, 0.717) is 0 Å². The Morgan fingerprint density at radius 2 is 2.07 bits per heavy atom. The van der Waals surface area contributed by atoms with Gasteiger partial charge >= 0.3 is 0 Å². The Morgan fingerprint density at radius 3 is 2.64 bits per heavy atom. The standard InChI is InChI=1S/C12H16N2/c1-4-7-10-8-6-9-11(13-3)12(10)14-5-2/h4-9,13H,1-3H3/b7-4-,14-5-. The predicted molar refractivity (Wildman–Crippen MR) is 64.5 cm³/mol. The molecular formula is C12H16N2. The number of rotatable bonds is 3. The highest BCUT2D eigenvalue weighted by molar-refractivity contribution is 5.80. The zero-order chi connectivity index (χ0) is 10.4. The van der Waals surface area contributed by atoms with E-state index in [2.05, 4.69) is 22.5 Å². The van der Waals surface area contributed by atoms with E-state index in [1.807, 2.05) is 45.3 Å². The fraction of sp³-hybridized carbons (Fsp3) is 0.250. The molecule has 0 radical (unpaired) electrons.